The van der Waals surface area contributed by atoms with Crippen LogP contribution in [0.25, 0.3) is 0 Å². The van der Waals surface area contributed by atoms with Crippen molar-refractivity contribution in [2.24, 2.45) is 0 Å². The Labute approximate surface area is 150 Å². The fourth-order valence-electron chi connectivity index (χ4n) is 3.39. The van der Waals surface area contributed by atoms with Crippen LogP contribution in [0.4, 0.5) is 0 Å². The van der Waals surface area contributed by atoms with Crippen molar-refractivity contribution in [2.45, 2.75) is 38.0 Å². The molecule has 0 radical (unpaired) electrons. The van der Waals surface area contributed by atoms with Crippen LogP contribution in [0.1, 0.15) is 54.7 Å². The van der Waals surface area contributed by atoms with Crippen molar-refractivity contribution in [3.8, 4) is 0 Å². The second kappa shape index (κ2) is 6.47. The highest BCUT2D eigenvalue weighted by atomic mass is 127. The molecule has 0 N–H and O–H groups in total. The molecule has 2 aromatic rings. The lowest BCUT2D eigenvalue weighted by Gasteiger charge is -2.32. The van der Waals surface area contributed by atoms with Crippen molar-refractivity contribution in [2.75, 3.05) is 0 Å². The van der Waals surface area contributed by atoms with Gasteiger partial charge in [-0.05, 0) is 88.7 Å². The molecule has 0 fully saturated rings. The summed E-state index contributed by atoms with van der Waals surface area (Å²) in [7, 11) is 0. The van der Waals surface area contributed by atoms with Crippen molar-refractivity contribution >= 4 is 45.8 Å². The molecule has 110 valence electrons. The van der Waals surface area contributed by atoms with Gasteiger partial charge in [0.25, 0.3) is 0 Å². The van der Waals surface area contributed by atoms with Crippen LogP contribution in [-0.2, 0) is 0 Å². The van der Waals surface area contributed by atoms with Crippen molar-refractivity contribution in [1.29, 1.82) is 0 Å². The van der Waals surface area contributed by atoms with Gasteiger partial charge < -0.3 is 0 Å². The third-order valence-electron chi connectivity index (χ3n) is 4.51. The monoisotopic (exact) mass is 430 g/mol. The van der Waals surface area contributed by atoms with E-state index in [0.29, 0.717) is 21.9 Å². The molecule has 3 heteroatoms. The molecule has 0 bridgehead atoms. The lowest BCUT2D eigenvalue weighted by atomic mass is 9.73. The summed E-state index contributed by atoms with van der Waals surface area (Å²) in [6.07, 6.45) is 3.64. The Morgan fingerprint density at radius 1 is 1.00 bits per heavy atom. The van der Waals surface area contributed by atoms with E-state index in [1.54, 1.807) is 0 Å². The molecule has 0 spiro atoms. The second-order valence-corrected chi connectivity index (χ2v) is 7.74. The Kier molecular flexibility index (Phi) is 4.82. The zero-order chi connectivity index (χ0) is 15.0. The molecule has 0 saturated carbocycles. The molecular weight excluding hydrogens is 414 g/mol. The zero-order valence-electron chi connectivity index (χ0n) is 11.9. The number of benzene rings is 2. The van der Waals surface area contributed by atoms with E-state index in [1.165, 1.54) is 39.5 Å². The van der Waals surface area contributed by atoms with Crippen LogP contribution in [0.2, 0.25) is 10.0 Å². The van der Waals surface area contributed by atoms with Crippen LogP contribution in [0.3, 0.4) is 0 Å². The number of rotatable bonds is 2. The van der Waals surface area contributed by atoms with E-state index in [4.69, 9.17) is 23.2 Å². The lowest BCUT2D eigenvalue weighted by Crippen LogP contribution is -2.15. The van der Waals surface area contributed by atoms with Gasteiger partial charge in [-0.25, -0.2) is 0 Å². The first-order chi connectivity index (χ1) is 10.1. The normalized spacial score (nSPS) is 21.1. The molecular formula is C18H17Cl2I. The Bertz CT molecular complexity index is 666. The summed E-state index contributed by atoms with van der Waals surface area (Å²) < 4.78 is 1.32. The number of halogens is 3. The highest BCUT2D eigenvalue weighted by molar-refractivity contribution is 14.1. The second-order valence-electron chi connectivity index (χ2n) is 5.68. The number of fused-ring (bicyclic) bond motifs is 1. The summed E-state index contributed by atoms with van der Waals surface area (Å²) in [5, 5.41) is 1.28. The highest BCUT2D eigenvalue weighted by Crippen LogP contribution is 2.44. The van der Waals surface area contributed by atoms with Gasteiger partial charge in [-0.3, -0.25) is 0 Å². The third kappa shape index (κ3) is 3.11. The van der Waals surface area contributed by atoms with E-state index in [9.17, 15) is 0 Å². The molecule has 0 nitrogen and oxygen atoms in total. The van der Waals surface area contributed by atoms with Crippen LogP contribution < -0.4 is 0 Å². The number of hydrogen-bond donors (Lipinski definition) is 0. The van der Waals surface area contributed by atoms with E-state index < -0.39 is 0 Å². The minimum atomic E-state index is 0.439. The largest absolute Gasteiger partial charge is 0.0827 e. The fourth-order valence-corrected chi connectivity index (χ4v) is 4.22. The molecule has 0 aromatic heterocycles. The van der Waals surface area contributed by atoms with Gasteiger partial charge in [-0.2, -0.15) is 0 Å². The zero-order valence-corrected chi connectivity index (χ0v) is 15.5. The SMILES string of the molecule is CC[C@H]1CC[C@@H](c2ccc(Cl)c(Cl)c2)c2ccc(I)cc21. The fraction of sp³-hybridized carbons (Fsp3) is 0.333. The van der Waals surface area contributed by atoms with Gasteiger partial charge >= 0.3 is 0 Å². The first kappa shape index (κ1) is 15.6. The van der Waals surface area contributed by atoms with Crippen molar-refractivity contribution in [3.05, 3.63) is 66.7 Å². The minimum absolute atomic E-state index is 0.439. The van der Waals surface area contributed by atoms with Crippen molar-refractivity contribution in [1.82, 2.24) is 0 Å². The molecule has 0 saturated heterocycles. The van der Waals surface area contributed by atoms with Crippen LogP contribution in [0, 0.1) is 3.57 Å². The van der Waals surface area contributed by atoms with Gasteiger partial charge in [0.15, 0.2) is 0 Å². The predicted octanol–water partition coefficient (Wildman–Crippen LogP) is 7.02. The van der Waals surface area contributed by atoms with E-state index >= 15 is 0 Å². The first-order valence-electron chi connectivity index (χ1n) is 7.34. The summed E-state index contributed by atoms with van der Waals surface area (Å²) in [4.78, 5) is 0. The Morgan fingerprint density at radius 3 is 2.52 bits per heavy atom. The minimum Gasteiger partial charge on any atom is -0.0827 e. The van der Waals surface area contributed by atoms with Gasteiger partial charge in [0, 0.05) is 9.49 Å². The molecule has 1 aliphatic rings. The summed E-state index contributed by atoms with van der Waals surface area (Å²) in [6.45, 7) is 2.29. The molecule has 0 unspecified atom stereocenters. The molecule has 2 atom stereocenters. The molecule has 2 aromatic carbocycles. The highest BCUT2D eigenvalue weighted by Gasteiger charge is 2.27. The van der Waals surface area contributed by atoms with Crippen LogP contribution >= 0.6 is 45.8 Å². The smallest absolute Gasteiger partial charge is 0.0595 e. The maximum atomic E-state index is 6.21. The van der Waals surface area contributed by atoms with Gasteiger partial charge in [-0.15, -0.1) is 0 Å². The summed E-state index contributed by atoms with van der Waals surface area (Å²) in [5.74, 6) is 1.13. The standard InChI is InChI=1S/C18H17Cl2I/c1-2-11-3-6-14(12-4-8-17(19)18(20)9-12)15-7-5-13(21)10-16(11)15/h4-5,7-11,14H,2-3,6H2,1H3/t11-,14-/m0/s1. The van der Waals surface area contributed by atoms with Crippen LogP contribution in [0.5, 0.6) is 0 Å². The maximum Gasteiger partial charge on any atom is 0.0595 e. The Balaban J connectivity index is 2.07. The molecule has 1 aliphatic carbocycles. The molecule has 21 heavy (non-hydrogen) atoms. The molecule has 0 amide bonds. The quantitative estimate of drug-likeness (QED) is 0.449. The first-order valence-corrected chi connectivity index (χ1v) is 9.18. The van der Waals surface area contributed by atoms with E-state index in [1.807, 2.05) is 12.1 Å². The molecule has 3 rings (SSSR count). The Morgan fingerprint density at radius 2 is 1.81 bits per heavy atom. The van der Waals surface area contributed by atoms with Crippen molar-refractivity contribution < 1.29 is 0 Å². The summed E-state index contributed by atoms with van der Waals surface area (Å²) >= 11 is 14.7. The average Bonchev–Trinajstić information content (AvgIpc) is 2.49. The maximum absolute atomic E-state index is 6.21. The van der Waals surface area contributed by atoms with Crippen LogP contribution in [-0.4, -0.2) is 0 Å². The van der Waals surface area contributed by atoms with Gasteiger partial charge in [0.1, 0.15) is 0 Å². The topological polar surface area (TPSA) is 0 Å². The van der Waals surface area contributed by atoms with Crippen molar-refractivity contribution in [3.63, 3.8) is 0 Å². The summed E-state index contributed by atoms with van der Waals surface area (Å²) in [5.41, 5.74) is 4.26. The molecule has 0 aliphatic heterocycles. The van der Waals surface area contributed by atoms with E-state index in [-0.39, 0.29) is 0 Å². The third-order valence-corrected chi connectivity index (χ3v) is 5.92. The average molecular weight is 431 g/mol. The van der Waals surface area contributed by atoms with E-state index in [2.05, 4.69) is 53.8 Å². The summed E-state index contributed by atoms with van der Waals surface area (Å²) in [6, 6.07) is 12.9. The lowest BCUT2D eigenvalue weighted by molar-refractivity contribution is 0.506. The van der Waals surface area contributed by atoms with Gasteiger partial charge in [0.05, 0.1) is 10.0 Å². The number of hydrogen-bond acceptors (Lipinski definition) is 0. The van der Waals surface area contributed by atoms with E-state index in [0.717, 1.165) is 0 Å². The van der Waals surface area contributed by atoms with Gasteiger partial charge in [-0.1, -0.05) is 42.3 Å². The molecule has 0 heterocycles. The predicted molar refractivity (Wildman–Crippen MR) is 99.7 cm³/mol. The van der Waals surface area contributed by atoms with Crippen LogP contribution in [0.15, 0.2) is 36.4 Å². The van der Waals surface area contributed by atoms with Gasteiger partial charge in [0.2, 0.25) is 0 Å². The Hall–Kier alpha value is -0.250.